The number of phenols is 1. The first kappa shape index (κ1) is 18.5. The largest absolute Gasteiger partial charge is 0.507 e. The molecule has 0 saturated carbocycles. The van der Waals surface area contributed by atoms with Crippen molar-refractivity contribution in [2.45, 2.75) is 0 Å². The molecule has 0 amide bonds. The topological polar surface area (TPSA) is 51.4 Å². The van der Waals surface area contributed by atoms with E-state index in [0.717, 1.165) is 11.3 Å². The summed E-state index contributed by atoms with van der Waals surface area (Å²) < 4.78 is 0. The first-order chi connectivity index (χ1) is 12.0. The molecule has 0 aliphatic heterocycles. The van der Waals surface area contributed by atoms with Crippen LogP contribution in [0.3, 0.4) is 0 Å². The van der Waals surface area contributed by atoms with Gasteiger partial charge in [0.25, 0.3) is 0 Å². The van der Waals surface area contributed by atoms with Crippen molar-refractivity contribution in [3.05, 3.63) is 53.6 Å². The lowest BCUT2D eigenvalue weighted by Gasteiger charge is -2.12. The molecule has 0 heterocycles. The van der Waals surface area contributed by atoms with Crippen LogP contribution in [0.25, 0.3) is 0 Å². The number of hydrogen-bond donors (Lipinski definition) is 1. The van der Waals surface area contributed by atoms with Gasteiger partial charge in [-0.3, -0.25) is 9.98 Å². The van der Waals surface area contributed by atoms with Gasteiger partial charge in [-0.15, -0.1) is 0 Å². The monoisotopic (exact) mass is 338 g/mol. The first-order valence-electron chi connectivity index (χ1n) is 8.25. The second-order valence-corrected chi connectivity index (χ2v) is 6.19. The van der Waals surface area contributed by atoms with Crippen LogP contribution in [0, 0.1) is 0 Å². The number of hydrogen-bond acceptors (Lipinski definition) is 5. The van der Waals surface area contributed by atoms with Gasteiger partial charge in [-0.2, -0.15) is 0 Å². The Morgan fingerprint density at radius 1 is 0.800 bits per heavy atom. The van der Waals surface area contributed by atoms with E-state index >= 15 is 0 Å². The normalized spacial score (nSPS) is 11.4. The van der Waals surface area contributed by atoms with Crippen molar-refractivity contribution in [1.82, 2.24) is 0 Å². The Morgan fingerprint density at radius 2 is 1.36 bits per heavy atom. The molecule has 0 aliphatic carbocycles. The standard InChI is InChI=1S/C20H26N4O/c1-23(2)18-8-5-16(6-9-18)14-21-11-12-22-15-17-7-10-19(24(3)4)13-20(17)25/h5-10,13-15,25H,11-12H2,1-4H3. The summed E-state index contributed by atoms with van der Waals surface area (Å²) in [6, 6.07) is 13.8. The van der Waals surface area contributed by atoms with E-state index in [9.17, 15) is 5.11 Å². The molecule has 2 aromatic carbocycles. The van der Waals surface area contributed by atoms with Gasteiger partial charge in [0.05, 0.1) is 13.1 Å². The molecule has 0 bridgehead atoms. The predicted molar refractivity (Wildman–Crippen MR) is 108 cm³/mol. The van der Waals surface area contributed by atoms with Crippen molar-refractivity contribution >= 4 is 23.8 Å². The summed E-state index contributed by atoms with van der Waals surface area (Å²) in [5.41, 5.74) is 3.92. The van der Waals surface area contributed by atoms with Crippen molar-refractivity contribution in [3.63, 3.8) is 0 Å². The number of aliphatic imine (C=N–C) groups is 2. The summed E-state index contributed by atoms with van der Waals surface area (Å²) in [6.07, 6.45) is 3.55. The molecule has 0 aliphatic rings. The zero-order chi connectivity index (χ0) is 18.2. The van der Waals surface area contributed by atoms with E-state index in [4.69, 9.17) is 0 Å². The molecule has 5 nitrogen and oxygen atoms in total. The van der Waals surface area contributed by atoms with Gasteiger partial charge >= 0.3 is 0 Å². The lowest BCUT2D eigenvalue weighted by Crippen LogP contribution is -2.08. The smallest absolute Gasteiger partial charge is 0.126 e. The maximum Gasteiger partial charge on any atom is 0.126 e. The second-order valence-electron chi connectivity index (χ2n) is 6.19. The highest BCUT2D eigenvalue weighted by Crippen LogP contribution is 2.22. The van der Waals surface area contributed by atoms with Crippen LogP contribution in [-0.2, 0) is 0 Å². The third kappa shape index (κ3) is 5.64. The molecule has 0 radical (unpaired) electrons. The molecule has 25 heavy (non-hydrogen) atoms. The third-order valence-corrected chi connectivity index (χ3v) is 3.77. The van der Waals surface area contributed by atoms with Crippen molar-refractivity contribution in [2.75, 3.05) is 51.1 Å². The zero-order valence-corrected chi connectivity index (χ0v) is 15.3. The van der Waals surface area contributed by atoms with Gasteiger partial charge in [0.15, 0.2) is 0 Å². The van der Waals surface area contributed by atoms with E-state index in [1.807, 2.05) is 63.6 Å². The number of nitrogens with zero attached hydrogens (tertiary/aromatic N) is 4. The summed E-state index contributed by atoms with van der Waals surface area (Å²) in [7, 11) is 7.92. The van der Waals surface area contributed by atoms with E-state index in [2.05, 4.69) is 27.0 Å². The van der Waals surface area contributed by atoms with Crippen molar-refractivity contribution in [3.8, 4) is 5.75 Å². The average molecular weight is 338 g/mol. The summed E-state index contributed by atoms with van der Waals surface area (Å²) >= 11 is 0. The van der Waals surface area contributed by atoms with Crippen molar-refractivity contribution in [2.24, 2.45) is 9.98 Å². The molecular formula is C20H26N4O. The molecule has 5 heteroatoms. The minimum atomic E-state index is 0.236. The van der Waals surface area contributed by atoms with Gasteiger partial charge in [0, 0.05) is 63.6 Å². The van der Waals surface area contributed by atoms with Gasteiger partial charge < -0.3 is 14.9 Å². The van der Waals surface area contributed by atoms with Gasteiger partial charge in [0.1, 0.15) is 5.75 Å². The molecule has 1 N–H and O–H groups in total. The van der Waals surface area contributed by atoms with Crippen LogP contribution in [-0.4, -0.2) is 58.8 Å². The van der Waals surface area contributed by atoms with Gasteiger partial charge in [0.2, 0.25) is 0 Å². The summed E-state index contributed by atoms with van der Waals surface area (Å²) in [5.74, 6) is 0.236. The van der Waals surface area contributed by atoms with Crippen LogP contribution in [0.5, 0.6) is 5.75 Å². The van der Waals surface area contributed by atoms with E-state index in [0.29, 0.717) is 18.7 Å². The molecule has 0 atom stereocenters. The van der Waals surface area contributed by atoms with Gasteiger partial charge in [-0.1, -0.05) is 12.1 Å². The zero-order valence-electron chi connectivity index (χ0n) is 15.3. The van der Waals surface area contributed by atoms with Crippen LogP contribution in [0.15, 0.2) is 52.4 Å². The van der Waals surface area contributed by atoms with E-state index in [1.165, 1.54) is 5.69 Å². The Hall–Kier alpha value is -2.82. The molecule has 2 aromatic rings. The minimum Gasteiger partial charge on any atom is -0.507 e. The third-order valence-electron chi connectivity index (χ3n) is 3.77. The van der Waals surface area contributed by atoms with Crippen LogP contribution in [0.4, 0.5) is 11.4 Å². The van der Waals surface area contributed by atoms with E-state index in [1.54, 1.807) is 12.3 Å². The molecule has 132 valence electrons. The Balaban J connectivity index is 1.83. The van der Waals surface area contributed by atoms with Crippen molar-refractivity contribution < 1.29 is 5.11 Å². The van der Waals surface area contributed by atoms with Crippen LogP contribution >= 0.6 is 0 Å². The second kappa shape index (κ2) is 8.87. The molecule has 0 spiro atoms. The number of phenolic OH excluding ortho intramolecular Hbond substituents is 1. The number of anilines is 2. The number of benzene rings is 2. The lowest BCUT2D eigenvalue weighted by molar-refractivity contribution is 0.474. The quantitative estimate of drug-likeness (QED) is 0.623. The van der Waals surface area contributed by atoms with Crippen LogP contribution in [0.2, 0.25) is 0 Å². The highest BCUT2D eigenvalue weighted by atomic mass is 16.3. The molecule has 0 fully saturated rings. The Labute approximate surface area is 150 Å². The van der Waals surface area contributed by atoms with E-state index in [-0.39, 0.29) is 5.75 Å². The maximum atomic E-state index is 10.0. The van der Waals surface area contributed by atoms with E-state index < -0.39 is 0 Å². The number of rotatable bonds is 7. The molecule has 0 unspecified atom stereocenters. The fourth-order valence-electron chi connectivity index (χ4n) is 2.23. The SMILES string of the molecule is CN(C)c1ccc(C=NCCN=Cc2ccc(N(C)C)cc2O)cc1. The number of aromatic hydroxyl groups is 1. The molecule has 0 aromatic heterocycles. The molecule has 0 saturated heterocycles. The maximum absolute atomic E-state index is 10.0. The lowest BCUT2D eigenvalue weighted by atomic mass is 10.2. The molecular weight excluding hydrogens is 312 g/mol. The Kier molecular flexibility index (Phi) is 6.57. The first-order valence-corrected chi connectivity index (χ1v) is 8.25. The van der Waals surface area contributed by atoms with Gasteiger partial charge in [-0.25, -0.2) is 0 Å². The highest BCUT2D eigenvalue weighted by Gasteiger charge is 2.01. The van der Waals surface area contributed by atoms with Crippen LogP contribution < -0.4 is 9.80 Å². The fourth-order valence-corrected chi connectivity index (χ4v) is 2.23. The van der Waals surface area contributed by atoms with Crippen molar-refractivity contribution in [1.29, 1.82) is 0 Å². The van der Waals surface area contributed by atoms with Gasteiger partial charge in [-0.05, 0) is 29.8 Å². The average Bonchev–Trinajstić information content (AvgIpc) is 2.59. The minimum absolute atomic E-state index is 0.236. The fraction of sp³-hybridized carbons (Fsp3) is 0.300. The summed E-state index contributed by atoms with van der Waals surface area (Å²) in [5, 5.41) is 10.0. The summed E-state index contributed by atoms with van der Waals surface area (Å²) in [6.45, 7) is 1.20. The molecule has 2 rings (SSSR count). The predicted octanol–water partition coefficient (Wildman–Crippen LogP) is 3.06. The Morgan fingerprint density at radius 3 is 1.92 bits per heavy atom. The highest BCUT2D eigenvalue weighted by molar-refractivity contribution is 5.84. The van der Waals surface area contributed by atoms with Crippen LogP contribution in [0.1, 0.15) is 11.1 Å². The summed E-state index contributed by atoms with van der Waals surface area (Å²) in [4.78, 5) is 12.7. The Bertz CT molecular complexity index is 734.